The number of anilines is 1. The molecule has 0 aromatic heterocycles. The molecule has 1 heterocycles. The summed E-state index contributed by atoms with van der Waals surface area (Å²) in [5, 5.41) is 5.98. The van der Waals surface area contributed by atoms with Gasteiger partial charge in [0.05, 0.1) is 17.2 Å². The normalized spacial score (nSPS) is 16.2. The van der Waals surface area contributed by atoms with E-state index in [1.54, 1.807) is 12.1 Å². The van der Waals surface area contributed by atoms with Gasteiger partial charge in [0.2, 0.25) is 5.91 Å². The van der Waals surface area contributed by atoms with E-state index in [-0.39, 0.29) is 17.7 Å². The predicted molar refractivity (Wildman–Crippen MR) is 132 cm³/mol. The summed E-state index contributed by atoms with van der Waals surface area (Å²) in [7, 11) is 0. The lowest BCUT2D eigenvalue weighted by Crippen LogP contribution is -2.40. The van der Waals surface area contributed by atoms with Gasteiger partial charge in [-0.25, -0.2) is 0 Å². The zero-order valence-corrected chi connectivity index (χ0v) is 19.1. The van der Waals surface area contributed by atoms with Crippen LogP contribution in [0.4, 0.5) is 5.69 Å². The first kappa shape index (κ1) is 22.7. The maximum absolute atomic E-state index is 13.1. The number of carbonyl (C=O) groups excluding carboxylic acids is 2. The average Bonchev–Trinajstić information content (AvgIpc) is 2.85. The largest absolute Gasteiger partial charge is 0.348 e. The van der Waals surface area contributed by atoms with Gasteiger partial charge in [-0.2, -0.15) is 0 Å². The highest BCUT2D eigenvalue weighted by atomic mass is 16.2. The number of rotatable bonds is 7. The molecule has 1 fully saturated rings. The summed E-state index contributed by atoms with van der Waals surface area (Å²) in [4.78, 5) is 28.3. The quantitative estimate of drug-likeness (QED) is 0.555. The number of likely N-dealkylation sites (tertiary alicyclic amines) is 1. The van der Waals surface area contributed by atoms with Crippen molar-refractivity contribution in [1.82, 2.24) is 10.2 Å². The van der Waals surface area contributed by atoms with Gasteiger partial charge >= 0.3 is 0 Å². The molecule has 2 amide bonds. The molecule has 0 radical (unpaired) electrons. The number of carbonyl (C=O) groups is 2. The summed E-state index contributed by atoms with van der Waals surface area (Å²) < 4.78 is 0. The number of aryl methyl sites for hydroxylation is 1. The fraction of sp³-hybridized carbons (Fsp3) is 0.286. The Labute approximate surface area is 195 Å². The van der Waals surface area contributed by atoms with Crippen LogP contribution in [0.2, 0.25) is 0 Å². The van der Waals surface area contributed by atoms with Crippen LogP contribution in [0.25, 0.3) is 0 Å². The fourth-order valence-electron chi connectivity index (χ4n) is 4.34. The molecule has 0 bridgehead atoms. The molecule has 1 saturated heterocycles. The maximum Gasteiger partial charge on any atom is 0.253 e. The fourth-order valence-corrected chi connectivity index (χ4v) is 4.34. The molecule has 1 aliphatic rings. The molecule has 1 atom stereocenters. The van der Waals surface area contributed by atoms with Crippen molar-refractivity contribution < 1.29 is 9.59 Å². The molecule has 0 spiro atoms. The first-order valence-electron chi connectivity index (χ1n) is 11.6. The predicted octanol–water partition coefficient (Wildman–Crippen LogP) is 4.78. The number of para-hydroxylation sites is 1. The molecule has 1 unspecified atom stereocenters. The SMILES string of the molecule is Cc1ccccc1CN1CCCC(C(=O)Nc2ccccc2C(=O)NCc2ccccc2)C1. The van der Waals surface area contributed by atoms with Crippen molar-refractivity contribution in [1.29, 1.82) is 0 Å². The van der Waals surface area contributed by atoms with Crippen LogP contribution in [0.5, 0.6) is 0 Å². The molecule has 4 rings (SSSR count). The molecule has 5 heteroatoms. The van der Waals surface area contributed by atoms with Crippen LogP contribution >= 0.6 is 0 Å². The highest BCUT2D eigenvalue weighted by Gasteiger charge is 2.27. The van der Waals surface area contributed by atoms with E-state index in [1.807, 2.05) is 42.5 Å². The number of nitrogens with zero attached hydrogens (tertiary/aromatic N) is 1. The molecule has 1 aliphatic heterocycles. The average molecular weight is 442 g/mol. The van der Waals surface area contributed by atoms with E-state index in [9.17, 15) is 9.59 Å². The minimum absolute atomic E-state index is 0.0206. The van der Waals surface area contributed by atoms with E-state index in [0.29, 0.717) is 17.8 Å². The number of hydrogen-bond acceptors (Lipinski definition) is 3. The summed E-state index contributed by atoms with van der Waals surface area (Å²) in [6.45, 7) is 5.15. The first-order valence-corrected chi connectivity index (χ1v) is 11.6. The second kappa shape index (κ2) is 10.9. The Hall–Kier alpha value is -3.44. The van der Waals surface area contributed by atoms with Crippen molar-refractivity contribution in [3.05, 3.63) is 101 Å². The highest BCUT2D eigenvalue weighted by molar-refractivity contribution is 6.04. The topological polar surface area (TPSA) is 61.4 Å². The van der Waals surface area contributed by atoms with Gasteiger partial charge in [-0.3, -0.25) is 14.5 Å². The van der Waals surface area contributed by atoms with Gasteiger partial charge in [-0.05, 0) is 55.1 Å². The third-order valence-corrected chi connectivity index (χ3v) is 6.26. The Bertz CT molecular complexity index is 1100. The van der Waals surface area contributed by atoms with E-state index in [4.69, 9.17) is 0 Å². The Morgan fingerprint density at radius 2 is 1.67 bits per heavy atom. The summed E-state index contributed by atoms with van der Waals surface area (Å²) in [5.41, 5.74) is 4.65. The lowest BCUT2D eigenvalue weighted by atomic mass is 9.96. The Morgan fingerprint density at radius 3 is 2.48 bits per heavy atom. The summed E-state index contributed by atoms with van der Waals surface area (Å²) >= 11 is 0. The monoisotopic (exact) mass is 441 g/mol. The maximum atomic E-state index is 13.1. The summed E-state index contributed by atoms with van der Waals surface area (Å²) in [6.07, 6.45) is 1.85. The number of benzene rings is 3. The lowest BCUT2D eigenvalue weighted by Gasteiger charge is -2.32. The van der Waals surface area contributed by atoms with Crippen molar-refractivity contribution >= 4 is 17.5 Å². The molecular weight excluding hydrogens is 410 g/mol. The van der Waals surface area contributed by atoms with Crippen LogP contribution in [0, 0.1) is 12.8 Å². The van der Waals surface area contributed by atoms with Crippen molar-refractivity contribution in [3.63, 3.8) is 0 Å². The number of nitrogens with one attached hydrogen (secondary N) is 2. The Kier molecular flexibility index (Phi) is 7.53. The highest BCUT2D eigenvalue weighted by Crippen LogP contribution is 2.23. The van der Waals surface area contributed by atoms with Crippen LogP contribution in [0.15, 0.2) is 78.9 Å². The number of hydrogen-bond donors (Lipinski definition) is 2. The van der Waals surface area contributed by atoms with E-state index < -0.39 is 0 Å². The van der Waals surface area contributed by atoms with Gasteiger partial charge < -0.3 is 10.6 Å². The van der Waals surface area contributed by atoms with Crippen molar-refractivity contribution in [2.24, 2.45) is 5.92 Å². The van der Waals surface area contributed by atoms with Gasteiger partial charge in [0.1, 0.15) is 0 Å². The van der Waals surface area contributed by atoms with Crippen molar-refractivity contribution in [2.45, 2.75) is 32.9 Å². The van der Waals surface area contributed by atoms with E-state index in [1.165, 1.54) is 11.1 Å². The van der Waals surface area contributed by atoms with E-state index in [0.717, 1.165) is 38.0 Å². The van der Waals surface area contributed by atoms with Crippen LogP contribution in [0.1, 0.15) is 39.9 Å². The van der Waals surface area contributed by atoms with E-state index >= 15 is 0 Å². The van der Waals surface area contributed by atoms with Crippen molar-refractivity contribution in [3.8, 4) is 0 Å². The molecule has 170 valence electrons. The van der Waals surface area contributed by atoms with Crippen LogP contribution < -0.4 is 10.6 Å². The minimum atomic E-state index is -0.195. The van der Waals surface area contributed by atoms with E-state index in [2.05, 4.69) is 46.7 Å². The first-order chi connectivity index (χ1) is 16.1. The zero-order valence-electron chi connectivity index (χ0n) is 19.1. The van der Waals surface area contributed by atoms with Gasteiger partial charge in [0.15, 0.2) is 0 Å². The van der Waals surface area contributed by atoms with Gasteiger partial charge in [-0.1, -0.05) is 66.7 Å². The van der Waals surface area contributed by atoms with Gasteiger partial charge in [0, 0.05) is 19.6 Å². The minimum Gasteiger partial charge on any atom is -0.348 e. The van der Waals surface area contributed by atoms with Crippen LogP contribution in [-0.2, 0) is 17.9 Å². The third-order valence-electron chi connectivity index (χ3n) is 6.26. The molecule has 3 aromatic rings. The molecule has 2 N–H and O–H groups in total. The van der Waals surface area contributed by atoms with Gasteiger partial charge in [-0.15, -0.1) is 0 Å². The molecule has 33 heavy (non-hydrogen) atoms. The second-order valence-electron chi connectivity index (χ2n) is 8.70. The van der Waals surface area contributed by atoms with Gasteiger partial charge in [0.25, 0.3) is 5.91 Å². The lowest BCUT2D eigenvalue weighted by molar-refractivity contribution is -0.121. The summed E-state index contributed by atoms with van der Waals surface area (Å²) in [6, 6.07) is 25.4. The molecule has 0 aliphatic carbocycles. The number of piperidine rings is 1. The third kappa shape index (κ3) is 6.08. The number of amides is 2. The molecular formula is C28H31N3O2. The zero-order chi connectivity index (χ0) is 23.0. The molecule has 3 aromatic carbocycles. The Balaban J connectivity index is 1.38. The standard InChI is InChI=1S/C28H31N3O2/c1-21-10-5-6-13-23(21)19-31-17-9-14-24(20-31)27(32)30-26-16-8-7-15-25(26)28(33)29-18-22-11-3-2-4-12-22/h2-8,10-13,15-16,24H,9,14,17-20H2,1H3,(H,29,33)(H,30,32). The molecule has 0 saturated carbocycles. The second-order valence-corrected chi connectivity index (χ2v) is 8.70. The smallest absolute Gasteiger partial charge is 0.253 e. The molecule has 5 nitrogen and oxygen atoms in total. The van der Waals surface area contributed by atoms with Crippen molar-refractivity contribution in [2.75, 3.05) is 18.4 Å². The van der Waals surface area contributed by atoms with Crippen LogP contribution in [0.3, 0.4) is 0 Å². The summed E-state index contributed by atoms with van der Waals surface area (Å²) in [5.74, 6) is -0.310. The Morgan fingerprint density at radius 1 is 0.939 bits per heavy atom. The van der Waals surface area contributed by atoms with Crippen LogP contribution in [-0.4, -0.2) is 29.8 Å².